The average Bonchev–Trinajstić information content (AvgIpc) is 2.47. The molecule has 1 aliphatic rings. The van der Waals surface area contributed by atoms with Crippen molar-refractivity contribution in [2.75, 3.05) is 19.7 Å². The Morgan fingerprint density at radius 2 is 2.14 bits per heavy atom. The number of aromatic nitrogens is 1. The van der Waals surface area contributed by atoms with Crippen LogP contribution >= 0.6 is 0 Å². The van der Waals surface area contributed by atoms with Crippen LogP contribution in [0.2, 0.25) is 0 Å². The lowest BCUT2D eigenvalue weighted by atomic mass is 10.1. The van der Waals surface area contributed by atoms with Gasteiger partial charge in [0.15, 0.2) is 5.82 Å². The minimum Gasteiger partial charge on any atom is -0.481 e. The Labute approximate surface area is 121 Å². The van der Waals surface area contributed by atoms with Gasteiger partial charge in [0.25, 0.3) is 5.91 Å². The molecule has 1 amide bonds. The fourth-order valence-corrected chi connectivity index (χ4v) is 2.26. The normalized spacial score (nSPS) is 16.0. The molecule has 0 radical (unpaired) electrons. The number of carboxylic acids is 1. The molecule has 0 aliphatic carbocycles. The Morgan fingerprint density at radius 1 is 1.43 bits per heavy atom. The van der Waals surface area contributed by atoms with Crippen LogP contribution in [0.25, 0.3) is 0 Å². The van der Waals surface area contributed by atoms with E-state index in [4.69, 9.17) is 9.84 Å². The number of ether oxygens (including phenoxy) is 1. The number of likely N-dealkylation sites (tertiary alicyclic amines) is 1. The average molecular weight is 296 g/mol. The number of rotatable bonds is 5. The zero-order chi connectivity index (χ0) is 15.2. The van der Waals surface area contributed by atoms with Crippen molar-refractivity contribution in [3.63, 3.8) is 0 Å². The molecule has 6 nitrogen and oxygen atoms in total. The SMILES string of the molecule is O=C(O)CCOC1CCN(C(=O)c2ccncc2F)CC1. The van der Waals surface area contributed by atoms with E-state index < -0.39 is 11.8 Å². The molecular weight excluding hydrogens is 279 g/mol. The first-order valence-electron chi connectivity index (χ1n) is 6.80. The lowest BCUT2D eigenvalue weighted by Crippen LogP contribution is -2.41. The number of hydrogen-bond donors (Lipinski definition) is 1. The van der Waals surface area contributed by atoms with Crippen LogP contribution < -0.4 is 0 Å². The predicted octanol–water partition coefficient (Wildman–Crippen LogP) is 1.32. The predicted molar refractivity (Wildman–Crippen MR) is 71.3 cm³/mol. The molecule has 1 aliphatic heterocycles. The van der Waals surface area contributed by atoms with E-state index in [2.05, 4.69) is 4.98 Å². The molecule has 0 unspecified atom stereocenters. The molecule has 7 heteroatoms. The second kappa shape index (κ2) is 7.12. The third kappa shape index (κ3) is 4.22. The Morgan fingerprint density at radius 3 is 2.76 bits per heavy atom. The van der Waals surface area contributed by atoms with E-state index in [1.807, 2.05) is 0 Å². The molecule has 0 atom stereocenters. The van der Waals surface area contributed by atoms with Gasteiger partial charge in [0.05, 0.1) is 30.9 Å². The highest BCUT2D eigenvalue weighted by atomic mass is 19.1. The number of piperidine rings is 1. The van der Waals surface area contributed by atoms with E-state index in [1.165, 1.54) is 12.3 Å². The molecule has 1 saturated heterocycles. The monoisotopic (exact) mass is 296 g/mol. The van der Waals surface area contributed by atoms with E-state index >= 15 is 0 Å². The van der Waals surface area contributed by atoms with Crippen LogP contribution in [-0.4, -0.2) is 52.7 Å². The van der Waals surface area contributed by atoms with Gasteiger partial charge in [0.2, 0.25) is 0 Å². The van der Waals surface area contributed by atoms with E-state index in [0.717, 1.165) is 6.20 Å². The van der Waals surface area contributed by atoms with Gasteiger partial charge in [-0.2, -0.15) is 0 Å². The maximum absolute atomic E-state index is 13.5. The minimum absolute atomic E-state index is 0.0234. The zero-order valence-electron chi connectivity index (χ0n) is 11.5. The Hall–Kier alpha value is -2.02. The third-order valence-corrected chi connectivity index (χ3v) is 3.40. The number of amides is 1. The molecule has 1 aromatic rings. The first kappa shape index (κ1) is 15.4. The van der Waals surface area contributed by atoms with Gasteiger partial charge in [0.1, 0.15) is 0 Å². The quantitative estimate of drug-likeness (QED) is 0.886. The van der Waals surface area contributed by atoms with E-state index in [9.17, 15) is 14.0 Å². The van der Waals surface area contributed by atoms with Gasteiger partial charge in [-0.05, 0) is 18.9 Å². The van der Waals surface area contributed by atoms with Gasteiger partial charge in [-0.25, -0.2) is 4.39 Å². The van der Waals surface area contributed by atoms with Gasteiger partial charge >= 0.3 is 5.97 Å². The van der Waals surface area contributed by atoms with E-state index in [1.54, 1.807) is 4.90 Å². The van der Waals surface area contributed by atoms with Crippen LogP contribution in [0.5, 0.6) is 0 Å². The summed E-state index contributed by atoms with van der Waals surface area (Å²) < 4.78 is 19.0. The number of pyridine rings is 1. The summed E-state index contributed by atoms with van der Waals surface area (Å²) >= 11 is 0. The second-order valence-electron chi connectivity index (χ2n) is 4.86. The van der Waals surface area contributed by atoms with Gasteiger partial charge in [-0.1, -0.05) is 0 Å². The summed E-state index contributed by atoms with van der Waals surface area (Å²) in [4.78, 5) is 27.8. The van der Waals surface area contributed by atoms with Crippen LogP contribution in [0.3, 0.4) is 0 Å². The molecule has 2 heterocycles. The molecule has 0 aromatic carbocycles. The Kier molecular flexibility index (Phi) is 5.21. The summed E-state index contributed by atoms with van der Waals surface area (Å²) in [6.45, 7) is 1.11. The Bertz CT molecular complexity index is 515. The summed E-state index contributed by atoms with van der Waals surface area (Å²) in [6, 6.07) is 1.37. The standard InChI is InChI=1S/C14H17FN2O4/c15-12-9-16-5-1-11(12)14(20)17-6-2-10(3-7-17)21-8-4-13(18)19/h1,5,9-10H,2-4,6-8H2,(H,18,19). The highest BCUT2D eigenvalue weighted by Gasteiger charge is 2.25. The smallest absolute Gasteiger partial charge is 0.305 e. The van der Waals surface area contributed by atoms with Crippen LogP contribution in [-0.2, 0) is 9.53 Å². The summed E-state index contributed by atoms with van der Waals surface area (Å²) in [5.41, 5.74) is 0.0234. The van der Waals surface area contributed by atoms with Gasteiger partial charge in [0, 0.05) is 19.3 Å². The molecular formula is C14H17FN2O4. The summed E-state index contributed by atoms with van der Waals surface area (Å²) in [7, 11) is 0. The fraction of sp³-hybridized carbons (Fsp3) is 0.500. The molecule has 1 N–H and O–H groups in total. The summed E-state index contributed by atoms with van der Waals surface area (Å²) in [5.74, 6) is -1.86. The molecule has 1 aromatic heterocycles. The maximum Gasteiger partial charge on any atom is 0.305 e. The molecule has 0 spiro atoms. The lowest BCUT2D eigenvalue weighted by Gasteiger charge is -2.32. The minimum atomic E-state index is -0.893. The van der Waals surface area contributed by atoms with E-state index in [0.29, 0.717) is 25.9 Å². The van der Waals surface area contributed by atoms with Crippen molar-refractivity contribution >= 4 is 11.9 Å². The topological polar surface area (TPSA) is 79.7 Å². The summed E-state index contributed by atoms with van der Waals surface area (Å²) in [6.07, 6.45) is 3.58. The van der Waals surface area contributed by atoms with Crippen LogP contribution in [0.1, 0.15) is 29.6 Å². The van der Waals surface area contributed by atoms with Crippen molar-refractivity contribution in [3.8, 4) is 0 Å². The van der Waals surface area contributed by atoms with Crippen molar-refractivity contribution in [1.82, 2.24) is 9.88 Å². The number of carbonyl (C=O) groups excluding carboxylic acids is 1. The van der Waals surface area contributed by atoms with E-state index in [-0.39, 0.29) is 30.6 Å². The molecule has 21 heavy (non-hydrogen) atoms. The number of hydrogen-bond acceptors (Lipinski definition) is 4. The van der Waals surface area contributed by atoms with Crippen molar-refractivity contribution < 1.29 is 23.8 Å². The highest BCUT2D eigenvalue weighted by molar-refractivity contribution is 5.94. The van der Waals surface area contributed by atoms with Crippen LogP contribution in [0.15, 0.2) is 18.5 Å². The van der Waals surface area contributed by atoms with Gasteiger partial charge in [-0.15, -0.1) is 0 Å². The zero-order valence-corrected chi connectivity index (χ0v) is 11.5. The first-order valence-corrected chi connectivity index (χ1v) is 6.80. The number of nitrogens with zero attached hydrogens (tertiary/aromatic N) is 2. The second-order valence-corrected chi connectivity index (χ2v) is 4.86. The maximum atomic E-state index is 13.5. The van der Waals surface area contributed by atoms with Crippen molar-refractivity contribution in [3.05, 3.63) is 29.8 Å². The number of carboxylic acid groups (broad SMARTS) is 1. The molecule has 0 bridgehead atoms. The molecule has 0 saturated carbocycles. The summed E-state index contributed by atoms with van der Waals surface area (Å²) in [5, 5.41) is 8.54. The fourth-order valence-electron chi connectivity index (χ4n) is 2.26. The number of halogens is 1. The van der Waals surface area contributed by atoms with Crippen molar-refractivity contribution in [1.29, 1.82) is 0 Å². The first-order chi connectivity index (χ1) is 10.1. The third-order valence-electron chi connectivity index (χ3n) is 3.40. The largest absolute Gasteiger partial charge is 0.481 e. The number of carbonyl (C=O) groups is 2. The molecule has 1 fully saturated rings. The molecule has 2 rings (SSSR count). The van der Waals surface area contributed by atoms with Crippen LogP contribution in [0, 0.1) is 5.82 Å². The number of aliphatic carboxylic acids is 1. The highest BCUT2D eigenvalue weighted by Crippen LogP contribution is 2.17. The Balaban J connectivity index is 1.82. The van der Waals surface area contributed by atoms with Crippen LogP contribution in [0.4, 0.5) is 4.39 Å². The van der Waals surface area contributed by atoms with Gasteiger partial charge in [-0.3, -0.25) is 14.6 Å². The lowest BCUT2D eigenvalue weighted by molar-refractivity contribution is -0.138. The van der Waals surface area contributed by atoms with Gasteiger partial charge < -0.3 is 14.7 Å². The van der Waals surface area contributed by atoms with Crippen molar-refractivity contribution in [2.24, 2.45) is 0 Å². The molecule has 114 valence electrons. The van der Waals surface area contributed by atoms with Crippen molar-refractivity contribution in [2.45, 2.75) is 25.4 Å².